The molecule has 1 amide bonds. The van der Waals surface area contributed by atoms with Gasteiger partial charge in [0.1, 0.15) is 12.4 Å². The van der Waals surface area contributed by atoms with Gasteiger partial charge >= 0.3 is 0 Å². The van der Waals surface area contributed by atoms with Crippen LogP contribution in [0.3, 0.4) is 0 Å². The highest BCUT2D eigenvalue weighted by molar-refractivity contribution is 5.85. The van der Waals surface area contributed by atoms with E-state index in [4.69, 9.17) is 10.5 Å². The molecular formula is C18H24Cl2N2O2. The third-order valence-corrected chi connectivity index (χ3v) is 3.29. The minimum absolute atomic E-state index is 0. The highest BCUT2D eigenvalue weighted by atomic mass is 35.5. The van der Waals surface area contributed by atoms with Gasteiger partial charge in [-0.05, 0) is 17.2 Å². The fourth-order valence-corrected chi connectivity index (χ4v) is 2.18. The van der Waals surface area contributed by atoms with Crippen molar-refractivity contribution in [1.82, 2.24) is 5.32 Å². The average Bonchev–Trinajstić information content (AvgIpc) is 2.53. The lowest BCUT2D eigenvalue weighted by molar-refractivity contribution is -0.117. The molecule has 0 fully saturated rings. The molecule has 0 unspecified atom stereocenters. The van der Waals surface area contributed by atoms with Gasteiger partial charge in [-0.25, -0.2) is 0 Å². The van der Waals surface area contributed by atoms with Gasteiger partial charge in [-0.1, -0.05) is 48.5 Å². The van der Waals surface area contributed by atoms with Gasteiger partial charge < -0.3 is 15.8 Å². The van der Waals surface area contributed by atoms with E-state index in [0.29, 0.717) is 26.1 Å². The minimum atomic E-state index is -0.290. The topological polar surface area (TPSA) is 64.4 Å². The smallest absolute Gasteiger partial charge is 0.218 e. The molecule has 2 aromatic carbocycles. The Balaban J connectivity index is 0.00000264. The largest absolute Gasteiger partial charge is 0.492 e. The number of hydrogen-bond donors (Lipinski definition) is 2. The van der Waals surface area contributed by atoms with Crippen LogP contribution in [0.25, 0.3) is 0 Å². The van der Waals surface area contributed by atoms with Gasteiger partial charge in [0.25, 0.3) is 0 Å². The van der Waals surface area contributed by atoms with Crippen LogP contribution in [0.2, 0.25) is 0 Å². The maximum absolute atomic E-state index is 10.6. The Labute approximate surface area is 155 Å². The number of nitrogens with one attached hydrogen (secondary N) is 1. The van der Waals surface area contributed by atoms with Gasteiger partial charge in [0.05, 0.1) is 0 Å². The minimum Gasteiger partial charge on any atom is -0.492 e. The molecular weight excluding hydrogens is 347 g/mol. The number of carbonyl (C=O) groups excluding carboxylic acids is 1. The Kier molecular flexibility index (Phi) is 11.7. The van der Waals surface area contributed by atoms with Gasteiger partial charge in [0.2, 0.25) is 5.91 Å². The molecule has 0 spiro atoms. The number of nitrogens with two attached hydrogens (primary N) is 1. The summed E-state index contributed by atoms with van der Waals surface area (Å²) in [6.07, 6.45) is 1.21. The molecule has 0 aromatic heterocycles. The van der Waals surface area contributed by atoms with Crippen LogP contribution < -0.4 is 15.8 Å². The number of primary amides is 1. The molecule has 132 valence electrons. The summed E-state index contributed by atoms with van der Waals surface area (Å²) in [4.78, 5) is 10.6. The second-order valence-corrected chi connectivity index (χ2v) is 5.08. The lowest BCUT2D eigenvalue weighted by atomic mass is 10.0. The normalized spacial score (nSPS) is 9.50. The third-order valence-electron chi connectivity index (χ3n) is 3.29. The summed E-state index contributed by atoms with van der Waals surface area (Å²) < 4.78 is 5.84. The SMILES string of the molecule is Cl.Cl.NC(=O)CCNCCOc1ccccc1Cc1ccccc1. The average molecular weight is 371 g/mol. The lowest BCUT2D eigenvalue weighted by Crippen LogP contribution is -2.26. The van der Waals surface area contributed by atoms with Crippen molar-refractivity contribution in [2.24, 2.45) is 5.73 Å². The van der Waals surface area contributed by atoms with Gasteiger partial charge in [-0.2, -0.15) is 0 Å². The summed E-state index contributed by atoms with van der Waals surface area (Å²) in [5.74, 6) is 0.615. The first-order valence-electron chi connectivity index (χ1n) is 7.49. The van der Waals surface area contributed by atoms with E-state index in [0.717, 1.165) is 12.2 Å². The van der Waals surface area contributed by atoms with Crippen LogP contribution in [-0.2, 0) is 11.2 Å². The van der Waals surface area contributed by atoms with Crippen LogP contribution >= 0.6 is 24.8 Å². The number of hydrogen-bond acceptors (Lipinski definition) is 3. The monoisotopic (exact) mass is 370 g/mol. The Hall–Kier alpha value is -1.75. The summed E-state index contributed by atoms with van der Waals surface area (Å²) in [5.41, 5.74) is 7.52. The zero-order chi connectivity index (χ0) is 15.6. The predicted molar refractivity (Wildman–Crippen MR) is 102 cm³/mol. The maximum Gasteiger partial charge on any atom is 0.218 e. The molecule has 2 rings (SSSR count). The zero-order valence-corrected chi connectivity index (χ0v) is 15.1. The van der Waals surface area contributed by atoms with Crippen molar-refractivity contribution >= 4 is 30.7 Å². The molecule has 6 heteroatoms. The van der Waals surface area contributed by atoms with E-state index in [1.54, 1.807) is 0 Å². The molecule has 0 atom stereocenters. The summed E-state index contributed by atoms with van der Waals surface area (Å²) in [6.45, 7) is 1.84. The van der Waals surface area contributed by atoms with Crippen LogP contribution in [-0.4, -0.2) is 25.6 Å². The molecule has 0 saturated heterocycles. The molecule has 0 bridgehead atoms. The molecule has 0 aliphatic carbocycles. The van der Waals surface area contributed by atoms with Crippen molar-refractivity contribution in [2.75, 3.05) is 19.7 Å². The van der Waals surface area contributed by atoms with Gasteiger partial charge in [-0.3, -0.25) is 4.79 Å². The number of ether oxygens (including phenoxy) is 1. The number of halogens is 2. The van der Waals surface area contributed by atoms with E-state index in [1.165, 1.54) is 11.1 Å². The van der Waals surface area contributed by atoms with Crippen molar-refractivity contribution in [2.45, 2.75) is 12.8 Å². The van der Waals surface area contributed by atoms with E-state index in [2.05, 4.69) is 23.5 Å². The fraction of sp³-hybridized carbons (Fsp3) is 0.278. The Morgan fingerprint density at radius 1 is 0.958 bits per heavy atom. The summed E-state index contributed by atoms with van der Waals surface area (Å²) in [6, 6.07) is 18.4. The van der Waals surface area contributed by atoms with E-state index in [-0.39, 0.29) is 30.7 Å². The third kappa shape index (κ3) is 8.20. The van der Waals surface area contributed by atoms with Crippen LogP contribution in [0.5, 0.6) is 5.75 Å². The van der Waals surface area contributed by atoms with Crippen LogP contribution in [0, 0.1) is 0 Å². The van der Waals surface area contributed by atoms with E-state index in [9.17, 15) is 4.79 Å². The number of carbonyl (C=O) groups is 1. The zero-order valence-electron chi connectivity index (χ0n) is 13.4. The molecule has 0 heterocycles. The first kappa shape index (κ1) is 22.2. The second kappa shape index (κ2) is 12.6. The molecule has 0 aliphatic heterocycles. The number of amides is 1. The molecule has 0 aliphatic rings. The van der Waals surface area contributed by atoms with Crippen molar-refractivity contribution in [3.05, 3.63) is 65.7 Å². The first-order chi connectivity index (χ1) is 10.8. The van der Waals surface area contributed by atoms with E-state index < -0.39 is 0 Å². The van der Waals surface area contributed by atoms with Crippen molar-refractivity contribution in [1.29, 1.82) is 0 Å². The highest BCUT2D eigenvalue weighted by Gasteiger charge is 2.04. The number of para-hydroxylation sites is 1. The second-order valence-electron chi connectivity index (χ2n) is 5.08. The van der Waals surface area contributed by atoms with Gasteiger partial charge in [0, 0.05) is 25.9 Å². The van der Waals surface area contributed by atoms with Gasteiger partial charge in [-0.15, -0.1) is 24.8 Å². The predicted octanol–water partition coefficient (Wildman–Crippen LogP) is 2.96. The Bertz CT molecular complexity index is 595. The maximum atomic E-state index is 10.6. The number of benzene rings is 2. The lowest BCUT2D eigenvalue weighted by Gasteiger charge is -2.12. The van der Waals surface area contributed by atoms with E-state index >= 15 is 0 Å². The highest BCUT2D eigenvalue weighted by Crippen LogP contribution is 2.21. The molecule has 3 N–H and O–H groups in total. The molecule has 0 saturated carbocycles. The van der Waals surface area contributed by atoms with Crippen LogP contribution in [0.15, 0.2) is 54.6 Å². The Morgan fingerprint density at radius 3 is 2.33 bits per heavy atom. The van der Waals surface area contributed by atoms with Crippen molar-refractivity contribution < 1.29 is 9.53 Å². The first-order valence-corrected chi connectivity index (χ1v) is 7.49. The van der Waals surface area contributed by atoms with Crippen molar-refractivity contribution in [3.63, 3.8) is 0 Å². The summed E-state index contributed by atoms with van der Waals surface area (Å²) in [5, 5.41) is 3.13. The Morgan fingerprint density at radius 2 is 1.62 bits per heavy atom. The molecule has 2 aromatic rings. The molecule has 4 nitrogen and oxygen atoms in total. The fourth-order valence-electron chi connectivity index (χ4n) is 2.18. The standard InChI is InChI=1S/C18H22N2O2.2ClH/c19-18(21)10-11-20-12-13-22-17-9-5-4-8-16(17)14-15-6-2-1-3-7-15;;/h1-9,20H,10-14H2,(H2,19,21);2*1H. The van der Waals surface area contributed by atoms with Crippen molar-refractivity contribution in [3.8, 4) is 5.75 Å². The van der Waals surface area contributed by atoms with Crippen LogP contribution in [0.4, 0.5) is 0 Å². The number of rotatable bonds is 9. The summed E-state index contributed by atoms with van der Waals surface area (Å²) in [7, 11) is 0. The molecule has 0 radical (unpaired) electrons. The quantitative estimate of drug-likeness (QED) is 0.666. The van der Waals surface area contributed by atoms with E-state index in [1.807, 2.05) is 36.4 Å². The van der Waals surface area contributed by atoms with Crippen LogP contribution in [0.1, 0.15) is 17.5 Å². The van der Waals surface area contributed by atoms with Gasteiger partial charge in [0.15, 0.2) is 0 Å². The summed E-state index contributed by atoms with van der Waals surface area (Å²) >= 11 is 0. The molecule has 24 heavy (non-hydrogen) atoms.